The van der Waals surface area contributed by atoms with Gasteiger partial charge in [0.1, 0.15) is 11.9 Å². The molecule has 0 amide bonds. The number of aliphatic hydroxyl groups excluding tert-OH is 1. The molecule has 1 aliphatic heterocycles. The second-order valence-corrected chi connectivity index (χ2v) is 4.88. The van der Waals surface area contributed by atoms with Crippen molar-refractivity contribution >= 4 is 0 Å². The molecule has 1 aromatic carbocycles. The summed E-state index contributed by atoms with van der Waals surface area (Å²) in [7, 11) is 0. The molecule has 1 aliphatic rings. The summed E-state index contributed by atoms with van der Waals surface area (Å²) in [6.45, 7) is 2.22. The number of aliphatic hydroxyl groups is 1. The van der Waals surface area contributed by atoms with Gasteiger partial charge >= 0.3 is 0 Å². The Kier molecular flexibility index (Phi) is 4.43. The number of benzene rings is 1. The Hall–Kier alpha value is -1.02. The van der Waals surface area contributed by atoms with Crippen LogP contribution in [-0.2, 0) is 0 Å². The Morgan fingerprint density at radius 1 is 1.24 bits per heavy atom. The van der Waals surface area contributed by atoms with Crippen LogP contribution in [0.2, 0.25) is 0 Å². The highest BCUT2D eigenvalue weighted by Gasteiger charge is 2.25. The maximum Gasteiger partial charge on any atom is 0.125 e. The molecule has 2 heteroatoms. The van der Waals surface area contributed by atoms with Crippen LogP contribution in [0.3, 0.4) is 0 Å². The molecule has 1 N–H and O–H groups in total. The molecule has 0 unspecified atom stereocenters. The van der Waals surface area contributed by atoms with Crippen molar-refractivity contribution in [3.63, 3.8) is 0 Å². The van der Waals surface area contributed by atoms with Gasteiger partial charge in [0, 0.05) is 12.0 Å². The molecule has 1 aromatic rings. The van der Waals surface area contributed by atoms with Crippen molar-refractivity contribution in [3.05, 3.63) is 29.8 Å². The molecule has 0 spiro atoms. The van der Waals surface area contributed by atoms with Gasteiger partial charge < -0.3 is 9.84 Å². The van der Waals surface area contributed by atoms with E-state index in [4.69, 9.17) is 4.74 Å². The van der Waals surface area contributed by atoms with E-state index in [1.54, 1.807) is 0 Å². The standard InChI is InChI=1S/C15H22O2/c1-2-3-4-5-8-12-11-14(16)13-9-6-7-10-15(13)17-12/h6-7,9-10,12,14,16H,2-5,8,11H2,1H3/t12-,14+/m0/s1. The van der Waals surface area contributed by atoms with E-state index in [-0.39, 0.29) is 12.2 Å². The van der Waals surface area contributed by atoms with Gasteiger partial charge in [0.15, 0.2) is 0 Å². The maximum absolute atomic E-state index is 10.1. The van der Waals surface area contributed by atoms with Crippen molar-refractivity contribution in [1.82, 2.24) is 0 Å². The van der Waals surface area contributed by atoms with Gasteiger partial charge in [0.05, 0.1) is 6.10 Å². The van der Waals surface area contributed by atoms with Crippen LogP contribution in [0, 0.1) is 0 Å². The number of fused-ring (bicyclic) bond motifs is 1. The van der Waals surface area contributed by atoms with Gasteiger partial charge in [-0.3, -0.25) is 0 Å². The lowest BCUT2D eigenvalue weighted by Gasteiger charge is -2.29. The molecule has 94 valence electrons. The third-order valence-corrected chi connectivity index (χ3v) is 3.44. The third-order valence-electron chi connectivity index (χ3n) is 3.44. The van der Waals surface area contributed by atoms with Crippen LogP contribution in [0.25, 0.3) is 0 Å². The van der Waals surface area contributed by atoms with E-state index in [0.29, 0.717) is 0 Å². The van der Waals surface area contributed by atoms with Crippen LogP contribution >= 0.6 is 0 Å². The van der Waals surface area contributed by atoms with E-state index in [1.807, 2.05) is 24.3 Å². The first kappa shape index (κ1) is 12.4. The Morgan fingerprint density at radius 3 is 2.88 bits per heavy atom. The van der Waals surface area contributed by atoms with Gasteiger partial charge in [-0.1, -0.05) is 44.4 Å². The summed E-state index contributed by atoms with van der Waals surface area (Å²) in [5.41, 5.74) is 0.942. The monoisotopic (exact) mass is 234 g/mol. The highest BCUT2D eigenvalue weighted by Crippen LogP contribution is 2.35. The van der Waals surface area contributed by atoms with Crippen LogP contribution in [0.5, 0.6) is 5.75 Å². The van der Waals surface area contributed by atoms with Gasteiger partial charge in [-0.25, -0.2) is 0 Å². The lowest BCUT2D eigenvalue weighted by molar-refractivity contribution is 0.0605. The summed E-state index contributed by atoms with van der Waals surface area (Å²) in [4.78, 5) is 0. The highest BCUT2D eigenvalue weighted by molar-refractivity contribution is 5.36. The van der Waals surface area contributed by atoms with Crippen LogP contribution in [-0.4, -0.2) is 11.2 Å². The minimum atomic E-state index is -0.351. The van der Waals surface area contributed by atoms with E-state index < -0.39 is 0 Å². The van der Waals surface area contributed by atoms with Crippen LogP contribution in [0.1, 0.15) is 57.1 Å². The summed E-state index contributed by atoms with van der Waals surface area (Å²) in [6.07, 6.45) is 6.67. The molecule has 0 fully saturated rings. The summed E-state index contributed by atoms with van der Waals surface area (Å²) >= 11 is 0. The maximum atomic E-state index is 10.1. The van der Waals surface area contributed by atoms with E-state index in [9.17, 15) is 5.11 Å². The van der Waals surface area contributed by atoms with Crippen molar-refractivity contribution < 1.29 is 9.84 Å². The highest BCUT2D eigenvalue weighted by atomic mass is 16.5. The summed E-state index contributed by atoms with van der Waals surface area (Å²) in [6, 6.07) is 7.82. The SMILES string of the molecule is CCCCCC[C@H]1C[C@@H](O)c2ccccc2O1. The average Bonchev–Trinajstić information content (AvgIpc) is 2.35. The first-order valence-corrected chi connectivity index (χ1v) is 6.75. The molecule has 2 nitrogen and oxygen atoms in total. The molecular weight excluding hydrogens is 212 g/mol. The Balaban J connectivity index is 1.88. The third kappa shape index (κ3) is 3.22. The zero-order valence-electron chi connectivity index (χ0n) is 10.6. The lowest BCUT2D eigenvalue weighted by Crippen LogP contribution is -2.25. The topological polar surface area (TPSA) is 29.5 Å². The number of unbranched alkanes of at least 4 members (excludes halogenated alkanes) is 3. The second kappa shape index (κ2) is 6.06. The van der Waals surface area contributed by atoms with Crippen LogP contribution in [0.4, 0.5) is 0 Å². The zero-order valence-corrected chi connectivity index (χ0v) is 10.6. The molecule has 0 aliphatic carbocycles. The molecule has 2 rings (SSSR count). The summed E-state index contributed by atoms with van der Waals surface area (Å²) in [5.74, 6) is 0.867. The van der Waals surface area contributed by atoms with Crippen molar-refractivity contribution in [3.8, 4) is 5.75 Å². The Bertz CT molecular complexity index is 349. The molecule has 0 radical (unpaired) electrons. The van der Waals surface area contributed by atoms with Gasteiger partial charge in [0.25, 0.3) is 0 Å². The second-order valence-electron chi connectivity index (χ2n) is 4.88. The quantitative estimate of drug-likeness (QED) is 0.784. The number of hydrogen-bond acceptors (Lipinski definition) is 2. The first-order chi connectivity index (χ1) is 8.31. The summed E-state index contributed by atoms with van der Waals surface area (Å²) in [5, 5.41) is 10.1. The van der Waals surface area contributed by atoms with E-state index in [2.05, 4.69) is 6.92 Å². The van der Waals surface area contributed by atoms with Gasteiger partial charge in [-0.15, -0.1) is 0 Å². The predicted octanol–water partition coefficient (Wildman–Crippen LogP) is 3.84. The Morgan fingerprint density at radius 2 is 2.06 bits per heavy atom. The van der Waals surface area contributed by atoms with E-state index in [1.165, 1.54) is 25.7 Å². The molecule has 17 heavy (non-hydrogen) atoms. The lowest BCUT2D eigenvalue weighted by atomic mass is 9.96. The van der Waals surface area contributed by atoms with Gasteiger partial charge in [-0.2, -0.15) is 0 Å². The van der Waals surface area contributed by atoms with Gasteiger partial charge in [0.2, 0.25) is 0 Å². The summed E-state index contributed by atoms with van der Waals surface area (Å²) < 4.78 is 5.92. The molecule has 1 heterocycles. The zero-order chi connectivity index (χ0) is 12.1. The van der Waals surface area contributed by atoms with Crippen LogP contribution < -0.4 is 4.74 Å². The van der Waals surface area contributed by atoms with Crippen molar-refractivity contribution in [1.29, 1.82) is 0 Å². The van der Waals surface area contributed by atoms with Crippen molar-refractivity contribution in [2.45, 2.75) is 57.7 Å². The normalized spacial score (nSPS) is 22.9. The number of ether oxygens (including phenoxy) is 1. The fraction of sp³-hybridized carbons (Fsp3) is 0.600. The number of hydrogen-bond donors (Lipinski definition) is 1. The fourth-order valence-corrected chi connectivity index (χ4v) is 2.44. The molecule has 0 saturated carbocycles. The van der Waals surface area contributed by atoms with Gasteiger partial charge in [-0.05, 0) is 18.9 Å². The fourth-order valence-electron chi connectivity index (χ4n) is 2.44. The van der Waals surface area contributed by atoms with E-state index >= 15 is 0 Å². The molecule has 2 atom stereocenters. The molecular formula is C15H22O2. The predicted molar refractivity (Wildman–Crippen MR) is 69.2 cm³/mol. The Labute approximate surface area is 104 Å². The average molecular weight is 234 g/mol. The minimum absolute atomic E-state index is 0.191. The van der Waals surface area contributed by atoms with Crippen molar-refractivity contribution in [2.75, 3.05) is 0 Å². The molecule has 0 saturated heterocycles. The van der Waals surface area contributed by atoms with Crippen LogP contribution in [0.15, 0.2) is 24.3 Å². The van der Waals surface area contributed by atoms with E-state index in [0.717, 1.165) is 24.2 Å². The largest absolute Gasteiger partial charge is 0.490 e. The minimum Gasteiger partial charge on any atom is -0.490 e. The van der Waals surface area contributed by atoms with Crippen molar-refractivity contribution in [2.24, 2.45) is 0 Å². The molecule has 0 aromatic heterocycles. The molecule has 0 bridgehead atoms. The smallest absolute Gasteiger partial charge is 0.125 e. The number of para-hydroxylation sites is 1. The number of rotatable bonds is 5. The first-order valence-electron chi connectivity index (χ1n) is 6.75.